The Morgan fingerprint density at radius 3 is 2.45 bits per heavy atom. The molecule has 42 heavy (non-hydrogen) atoms. The molecule has 1 fully saturated rings. The van der Waals surface area contributed by atoms with Gasteiger partial charge in [0.25, 0.3) is 6.47 Å². The van der Waals surface area contributed by atoms with Crippen LogP contribution in [-0.4, -0.2) is 75.9 Å². The van der Waals surface area contributed by atoms with E-state index in [1.165, 1.54) is 23.3 Å². The standard InChI is InChI=1S/C35H47FN2O4/c1-5-27-8-10-28(11-9-27)22-37(3)24-35(25-41-26-39)16-7-18-38(19-17-35)23-29-20-32(40-4)34(33(21-29)42-6-2)30-12-14-31(36)15-13-30/h8-15,20-21,26,33-34H,5-7,16-19,22-25H2,1-4H3. The number of aryl methyl sites for hydroxylation is 1. The molecule has 2 aromatic rings. The van der Waals surface area contributed by atoms with Crippen molar-refractivity contribution in [2.24, 2.45) is 5.41 Å². The second-order valence-corrected chi connectivity index (χ2v) is 11.8. The van der Waals surface area contributed by atoms with Gasteiger partial charge in [-0.1, -0.05) is 49.4 Å². The summed E-state index contributed by atoms with van der Waals surface area (Å²) >= 11 is 0. The number of likely N-dealkylation sites (tertiary alicyclic amines) is 1. The molecule has 1 aliphatic carbocycles. The van der Waals surface area contributed by atoms with Crippen LogP contribution in [0.4, 0.5) is 4.39 Å². The minimum absolute atomic E-state index is 0.0935. The van der Waals surface area contributed by atoms with Gasteiger partial charge in [0.2, 0.25) is 0 Å². The zero-order chi connectivity index (χ0) is 30.0. The largest absolute Gasteiger partial charge is 0.500 e. The third-order valence-corrected chi connectivity index (χ3v) is 8.66. The number of carbonyl (C=O) groups excluding carboxylic acids is 1. The first-order valence-corrected chi connectivity index (χ1v) is 15.3. The summed E-state index contributed by atoms with van der Waals surface area (Å²) in [6, 6.07) is 15.4. The molecule has 1 heterocycles. The Balaban J connectivity index is 1.44. The van der Waals surface area contributed by atoms with Crippen LogP contribution in [0.25, 0.3) is 0 Å². The predicted octanol–water partition coefficient (Wildman–Crippen LogP) is 6.12. The molecule has 0 radical (unpaired) electrons. The van der Waals surface area contributed by atoms with Gasteiger partial charge in [-0.3, -0.25) is 9.69 Å². The number of nitrogens with zero attached hydrogens (tertiary/aromatic N) is 2. The van der Waals surface area contributed by atoms with E-state index >= 15 is 0 Å². The number of hydrogen-bond acceptors (Lipinski definition) is 6. The zero-order valence-corrected chi connectivity index (χ0v) is 25.7. The Morgan fingerprint density at radius 1 is 1.05 bits per heavy atom. The highest BCUT2D eigenvalue weighted by atomic mass is 19.1. The lowest BCUT2D eigenvalue weighted by Crippen LogP contribution is -2.40. The first-order valence-electron chi connectivity index (χ1n) is 15.3. The zero-order valence-electron chi connectivity index (χ0n) is 25.7. The van der Waals surface area contributed by atoms with Crippen molar-refractivity contribution in [1.82, 2.24) is 9.80 Å². The second-order valence-electron chi connectivity index (χ2n) is 11.8. The molecule has 3 atom stereocenters. The lowest BCUT2D eigenvalue weighted by Gasteiger charge is -2.36. The van der Waals surface area contributed by atoms with Gasteiger partial charge < -0.3 is 19.1 Å². The van der Waals surface area contributed by atoms with Crippen molar-refractivity contribution in [3.63, 3.8) is 0 Å². The van der Waals surface area contributed by atoms with Crippen LogP contribution in [0, 0.1) is 11.2 Å². The Kier molecular flexibility index (Phi) is 11.8. The summed E-state index contributed by atoms with van der Waals surface area (Å²) in [5.41, 5.74) is 4.68. The lowest BCUT2D eigenvalue weighted by molar-refractivity contribution is -0.133. The van der Waals surface area contributed by atoms with Crippen molar-refractivity contribution in [1.29, 1.82) is 0 Å². The number of benzene rings is 2. The van der Waals surface area contributed by atoms with Crippen molar-refractivity contribution in [3.8, 4) is 0 Å². The molecule has 7 heteroatoms. The summed E-state index contributed by atoms with van der Waals surface area (Å²) in [6.45, 7) is 10.2. The van der Waals surface area contributed by atoms with Gasteiger partial charge in [0.15, 0.2) is 0 Å². The van der Waals surface area contributed by atoms with Gasteiger partial charge in [-0.25, -0.2) is 4.39 Å². The van der Waals surface area contributed by atoms with E-state index in [1.54, 1.807) is 7.11 Å². The number of hydrogen-bond donors (Lipinski definition) is 0. The molecule has 2 aromatic carbocycles. The highest BCUT2D eigenvalue weighted by Crippen LogP contribution is 2.37. The van der Waals surface area contributed by atoms with Gasteiger partial charge in [0.05, 0.1) is 25.7 Å². The summed E-state index contributed by atoms with van der Waals surface area (Å²) in [6.07, 6.45) is 8.15. The molecule has 0 N–H and O–H groups in total. The van der Waals surface area contributed by atoms with E-state index in [2.05, 4.69) is 60.2 Å². The minimum atomic E-state index is -0.255. The van der Waals surface area contributed by atoms with Crippen LogP contribution in [0.5, 0.6) is 0 Å². The van der Waals surface area contributed by atoms with E-state index in [1.807, 2.05) is 19.1 Å². The van der Waals surface area contributed by atoms with Gasteiger partial charge >= 0.3 is 0 Å². The number of methoxy groups -OCH3 is 1. The maximum Gasteiger partial charge on any atom is 0.293 e. The fourth-order valence-corrected chi connectivity index (χ4v) is 6.54. The van der Waals surface area contributed by atoms with Gasteiger partial charge in [0.1, 0.15) is 11.6 Å². The second kappa shape index (κ2) is 15.5. The molecule has 0 spiro atoms. The molecule has 0 saturated carbocycles. The van der Waals surface area contributed by atoms with Crippen molar-refractivity contribution in [2.45, 2.75) is 58.1 Å². The van der Waals surface area contributed by atoms with E-state index in [-0.39, 0.29) is 23.3 Å². The quantitative estimate of drug-likeness (QED) is 0.252. The molecule has 2 aliphatic rings. The first kappa shape index (κ1) is 31.9. The third kappa shape index (κ3) is 8.52. The van der Waals surface area contributed by atoms with Gasteiger partial charge in [-0.2, -0.15) is 0 Å². The number of ether oxygens (including phenoxy) is 3. The van der Waals surface area contributed by atoms with Crippen molar-refractivity contribution in [2.75, 3.05) is 53.6 Å². The van der Waals surface area contributed by atoms with E-state index in [9.17, 15) is 9.18 Å². The fourth-order valence-electron chi connectivity index (χ4n) is 6.54. The van der Waals surface area contributed by atoms with E-state index in [0.717, 1.165) is 75.3 Å². The van der Waals surface area contributed by atoms with Crippen LogP contribution in [0.1, 0.15) is 55.7 Å². The Labute approximate surface area is 251 Å². The molecule has 1 aliphatic heterocycles. The molecule has 4 rings (SSSR count). The van der Waals surface area contributed by atoms with Crippen molar-refractivity contribution >= 4 is 6.47 Å². The Hall–Kier alpha value is -3.00. The SMILES string of the molecule is CCOC1C=C(CN2CCCC(COC=O)(CN(C)Cc3ccc(CC)cc3)CC2)C=C(OC)C1c1ccc(F)cc1. The van der Waals surface area contributed by atoms with Gasteiger partial charge in [-0.15, -0.1) is 0 Å². The molecule has 0 bridgehead atoms. The van der Waals surface area contributed by atoms with Crippen molar-refractivity contribution in [3.05, 3.63) is 94.5 Å². The van der Waals surface area contributed by atoms with E-state index < -0.39 is 0 Å². The maximum atomic E-state index is 13.6. The Morgan fingerprint density at radius 2 is 1.79 bits per heavy atom. The van der Waals surface area contributed by atoms with Gasteiger partial charge in [-0.05, 0) is 93.2 Å². The predicted molar refractivity (Wildman–Crippen MR) is 165 cm³/mol. The van der Waals surface area contributed by atoms with Crippen molar-refractivity contribution < 1.29 is 23.4 Å². The molecule has 228 valence electrons. The smallest absolute Gasteiger partial charge is 0.293 e. The number of rotatable bonds is 14. The summed E-state index contributed by atoms with van der Waals surface area (Å²) in [7, 11) is 3.85. The highest BCUT2D eigenvalue weighted by molar-refractivity contribution is 5.40. The van der Waals surface area contributed by atoms with Crippen LogP contribution in [0.3, 0.4) is 0 Å². The number of halogens is 1. The normalized spacial score (nSPS) is 23.2. The lowest BCUT2D eigenvalue weighted by atomic mass is 9.80. The summed E-state index contributed by atoms with van der Waals surface area (Å²) in [4.78, 5) is 16.1. The Bertz CT molecular complexity index is 1200. The van der Waals surface area contributed by atoms with E-state index in [0.29, 0.717) is 19.7 Å². The highest BCUT2D eigenvalue weighted by Gasteiger charge is 2.36. The molecular formula is C35H47FN2O4. The van der Waals surface area contributed by atoms with Crippen LogP contribution >= 0.6 is 0 Å². The van der Waals surface area contributed by atoms with Crippen LogP contribution in [-0.2, 0) is 32.0 Å². The molecule has 0 aromatic heterocycles. The monoisotopic (exact) mass is 578 g/mol. The summed E-state index contributed by atoms with van der Waals surface area (Å²) < 4.78 is 31.1. The minimum Gasteiger partial charge on any atom is -0.500 e. The van der Waals surface area contributed by atoms with Crippen LogP contribution in [0.15, 0.2) is 72.0 Å². The van der Waals surface area contributed by atoms with Crippen LogP contribution in [0.2, 0.25) is 0 Å². The first-order chi connectivity index (χ1) is 20.4. The topological polar surface area (TPSA) is 51.2 Å². The molecule has 0 amide bonds. The molecular weight excluding hydrogens is 531 g/mol. The summed E-state index contributed by atoms with van der Waals surface area (Å²) in [5.74, 6) is 0.453. The number of carbonyl (C=O) groups is 1. The molecule has 1 saturated heterocycles. The molecule has 6 nitrogen and oxygen atoms in total. The molecule has 3 unspecified atom stereocenters. The van der Waals surface area contributed by atoms with Gasteiger partial charge in [0, 0.05) is 31.7 Å². The third-order valence-electron chi connectivity index (χ3n) is 8.66. The van der Waals surface area contributed by atoms with Crippen LogP contribution < -0.4 is 0 Å². The van der Waals surface area contributed by atoms with E-state index in [4.69, 9.17) is 14.2 Å². The fraction of sp³-hybridized carbons (Fsp3) is 0.514. The average Bonchev–Trinajstić information content (AvgIpc) is 3.19. The summed E-state index contributed by atoms with van der Waals surface area (Å²) in [5, 5.41) is 0. The maximum absolute atomic E-state index is 13.6. The average molecular weight is 579 g/mol.